The molecule has 0 bridgehead atoms. The fourth-order valence-electron chi connectivity index (χ4n) is 1.95. The number of rotatable bonds is 9. The highest BCUT2D eigenvalue weighted by atomic mass is 79.9. The monoisotopic (exact) mass is 345 g/mol. The Kier molecular flexibility index (Phi) is 6.48. The lowest BCUT2D eigenvalue weighted by atomic mass is 10.2. The average Bonchev–Trinajstić information content (AvgIpc) is 3.19. The van der Waals surface area contributed by atoms with Crippen LogP contribution >= 0.6 is 27.5 Å². The predicted octanol–water partition coefficient (Wildman–Crippen LogP) is 4.79. The largest absolute Gasteiger partial charge is 0.492 e. The quantitative estimate of drug-likeness (QED) is 0.649. The molecule has 0 amide bonds. The zero-order valence-electron chi connectivity index (χ0n) is 11.1. The van der Waals surface area contributed by atoms with Crippen LogP contribution in [-0.4, -0.2) is 19.2 Å². The number of halogens is 2. The van der Waals surface area contributed by atoms with E-state index < -0.39 is 0 Å². The van der Waals surface area contributed by atoms with Gasteiger partial charge in [-0.2, -0.15) is 0 Å². The fourth-order valence-corrected chi connectivity index (χ4v) is 2.75. The van der Waals surface area contributed by atoms with E-state index in [0.717, 1.165) is 34.3 Å². The van der Waals surface area contributed by atoms with Crippen LogP contribution in [0.25, 0.3) is 0 Å². The molecular formula is C15H21BrClNO. The number of unbranched alkanes of at least 4 members (excludes halogenated alkanes) is 3. The molecule has 2 nitrogen and oxygen atoms in total. The van der Waals surface area contributed by atoms with Crippen molar-refractivity contribution < 1.29 is 4.74 Å². The Balaban J connectivity index is 1.48. The molecule has 2 rings (SSSR count). The van der Waals surface area contributed by atoms with E-state index in [1.807, 2.05) is 18.2 Å². The minimum absolute atomic E-state index is 0.724. The molecule has 1 saturated carbocycles. The second-order valence-electron chi connectivity index (χ2n) is 5.07. The Morgan fingerprint density at radius 2 is 2.00 bits per heavy atom. The molecule has 1 aromatic rings. The van der Waals surface area contributed by atoms with Gasteiger partial charge >= 0.3 is 0 Å². The van der Waals surface area contributed by atoms with Gasteiger partial charge in [-0.3, -0.25) is 0 Å². The summed E-state index contributed by atoms with van der Waals surface area (Å²) < 4.78 is 6.65. The maximum Gasteiger partial charge on any atom is 0.133 e. The van der Waals surface area contributed by atoms with Crippen molar-refractivity contribution in [3.8, 4) is 5.75 Å². The van der Waals surface area contributed by atoms with Crippen molar-refractivity contribution >= 4 is 27.5 Å². The molecule has 0 spiro atoms. The van der Waals surface area contributed by atoms with Crippen molar-refractivity contribution in [3.63, 3.8) is 0 Å². The molecule has 0 aromatic heterocycles. The van der Waals surface area contributed by atoms with Gasteiger partial charge in [0.05, 0.1) is 11.1 Å². The highest BCUT2D eigenvalue weighted by Gasteiger charge is 2.19. The number of hydrogen-bond donors (Lipinski definition) is 1. The number of benzene rings is 1. The lowest BCUT2D eigenvalue weighted by molar-refractivity contribution is 0.302. The standard InChI is InChI=1S/C15H21BrClNO/c16-14-11-12(17)5-8-15(14)19-10-4-2-1-3-9-18-13-6-7-13/h5,8,11,13,18H,1-4,6-7,9-10H2. The molecule has 1 N–H and O–H groups in total. The second-order valence-corrected chi connectivity index (χ2v) is 6.36. The summed E-state index contributed by atoms with van der Waals surface area (Å²) in [6.07, 6.45) is 7.66. The SMILES string of the molecule is Clc1ccc(OCCCCCCNC2CC2)c(Br)c1. The summed E-state index contributed by atoms with van der Waals surface area (Å²) in [6, 6.07) is 6.46. The predicted molar refractivity (Wildman–Crippen MR) is 84.1 cm³/mol. The van der Waals surface area contributed by atoms with Gasteiger partial charge in [0.2, 0.25) is 0 Å². The maximum absolute atomic E-state index is 5.88. The van der Waals surface area contributed by atoms with Crippen LogP contribution in [0.2, 0.25) is 5.02 Å². The topological polar surface area (TPSA) is 21.3 Å². The summed E-state index contributed by atoms with van der Waals surface area (Å²) in [5.74, 6) is 0.875. The summed E-state index contributed by atoms with van der Waals surface area (Å²) in [5.41, 5.74) is 0. The van der Waals surface area contributed by atoms with Crippen LogP contribution in [0.3, 0.4) is 0 Å². The van der Waals surface area contributed by atoms with Gasteiger partial charge in [0.25, 0.3) is 0 Å². The molecule has 1 fully saturated rings. The molecule has 0 radical (unpaired) electrons. The third-order valence-electron chi connectivity index (χ3n) is 3.23. The van der Waals surface area contributed by atoms with Gasteiger partial charge in [-0.1, -0.05) is 24.4 Å². The van der Waals surface area contributed by atoms with Crippen molar-refractivity contribution in [1.29, 1.82) is 0 Å². The molecule has 19 heavy (non-hydrogen) atoms. The first-order valence-corrected chi connectivity index (χ1v) is 8.24. The summed E-state index contributed by atoms with van der Waals surface area (Å²) >= 11 is 9.34. The normalized spacial score (nSPS) is 14.6. The molecule has 1 aliphatic rings. The molecule has 1 aromatic carbocycles. The molecule has 4 heteroatoms. The third-order valence-corrected chi connectivity index (χ3v) is 4.09. The van der Waals surface area contributed by atoms with Crippen LogP contribution in [0.4, 0.5) is 0 Å². The lowest BCUT2D eigenvalue weighted by Gasteiger charge is -2.08. The first-order valence-electron chi connectivity index (χ1n) is 7.07. The molecule has 0 saturated heterocycles. The van der Waals surface area contributed by atoms with Gasteiger partial charge in [0.1, 0.15) is 5.75 Å². The molecule has 106 valence electrons. The van der Waals surface area contributed by atoms with E-state index in [9.17, 15) is 0 Å². The van der Waals surface area contributed by atoms with Crippen molar-refractivity contribution in [2.75, 3.05) is 13.2 Å². The summed E-state index contributed by atoms with van der Waals surface area (Å²) in [6.45, 7) is 1.95. The number of hydrogen-bond acceptors (Lipinski definition) is 2. The number of nitrogens with one attached hydrogen (secondary N) is 1. The van der Waals surface area contributed by atoms with E-state index >= 15 is 0 Å². The molecule has 0 atom stereocenters. The van der Waals surface area contributed by atoms with Gasteiger partial charge < -0.3 is 10.1 Å². The van der Waals surface area contributed by atoms with Gasteiger partial charge in [0.15, 0.2) is 0 Å². The second kappa shape index (κ2) is 8.13. The number of ether oxygens (including phenoxy) is 1. The van der Waals surface area contributed by atoms with Crippen LogP contribution in [0.1, 0.15) is 38.5 Å². The zero-order valence-corrected chi connectivity index (χ0v) is 13.5. The van der Waals surface area contributed by atoms with Crippen LogP contribution in [0.15, 0.2) is 22.7 Å². The van der Waals surface area contributed by atoms with E-state index in [1.165, 1.54) is 38.6 Å². The smallest absolute Gasteiger partial charge is 0.133 e. The molecule has 0 heterocycles. The Bertz CT molecular complexity index is 396. The van der Waals surface area contributed by atoms with E-state index in [4.69, 9.17) is 16.3 Å². The van der Waals surface area contributed by atoms with Crippen molar-refractivity contribution in [1.82, 2.24) is 5.32 Å². The van der Waals surface area contributed by atoms with Gasteiger partial charge in [-0.05, 0) is 66.4 Å². The zero-order chi connectivity index (χ0) is 13.5. The van der Waals surface area contributed by atoms with Crippen molar-refractivity contribution in [3.05, 3.63) is 27.7 Å². The van der Waals surface area contributed by atoms with Gasteiger partial charge in [-0.15, -0.1) is 0 Å². The minimum Gasteiger partial charge on any atom is -0.492 e. The first-order chi connectivity index (χ1) is 9.25. The highest BCUT2D eigenvalue weighted by Crippen LogP contribution is 2.28. The fraction of sp³-hybridized carbons (Fsp3) is 0.600. The van der Waals surface area contributed by atoms with Crippen molar-refractivity contribution in [2.45, 2.75) is 44.6 Å². The van der Waals surface area contributed by atoms with Crippen LogP contribution in [-0.2, 0) is 0 Å². The Labute approximate surface area is 129 Å². The summed E-state index contributed by atoms with van der Waals surface area (Å²) in [5, 5.41) is 4.26. The minimum atomic E-state index is 0.724. The lowest BCUT2D eigenvalue weighted by Crippen LogP contribution is -2.17. The van der Waals surface area contributed by atoms with E-state index in [2.05, 4.69) is 21.2 Å². The van der Waals surface area contributed by atoms with E-state index in [-0.39, 0.29) is 0 Å². The van der Waals surface area contributed by atoms with Crippen molar-refractivity contribution in [2.24, 2.45) is 0 Å². The molecule has 0 unspecified atom stereocenters. The van der Waals surface area contributed by atoms with Gasteiger partial charge in [-0.25, -0.2) is 0 Å². The summed E-state index contributed by atoms with van der Waals surface area (Å²) in [4.78, 5) is 0. The molecular weight excluding hydrogens is 326 g/mol. The molecule has 0 aliphatic heterocycles. The highest BCUT2D eigenvalue weighted by molar-refractivity contribution is 9.10. The molecule has 1 aliphatic carbocycles. The summed E-state index contributed by atoms with van der Waals surface area (Å²) in [7, 11) is 0. The van der Waals surface area contributed by atoms with Crippen LogP contribution < -0.4 is 10.1 Å². The average molecular weight is 347 g/mol. The van der Waals surface area contributed by atoms with E-state index in [1.54, 1.807) is 0 Å². The third kappa shape index (κ3) is 6.15. The van der Waals surface area contributed by atoms with E-state index in [0.29, 0.717) is 0 Å². The Hall–Kier alpha value is -0.250. The van der Waals surface area contributed by atoms with Crippen LogP contribution in [0, 0.1) is 0 Å². The maximum atomic E-state index is 5.88. The van der Waals surface area contributed by atoms with Crippen LogP contribution in [0.5, 0.6) is 5.75 Å². The van der Waals surface area contributed by atoms with Gasteiger partial charge in [0, 0.05) is 11.1 Å². The Morgan fingerprint density at radius 3 is 2.74 bits per heavy atom. The Morgan fingerprint density at radius 1 is 1.21 bits per heavy atom. The first kappa shape index (κ1) is 15.1.